The van der Waals surface area contributed by atoms with Gasteiger partial charge in [-0.2, -0.15) is 0 Å². The first-order chi connectivity index (χ1) is 10.2. The summed E-state index contributed by atoms with van der Waals surface area (Å²) in [6, 6.07) is 10.8. The van der Waals surface area contributed by atoms with Crippen LogP contribution in [0.5, 0.6) is 0 Å². The number of nitrogens with zero attached hydrogens (tertiary/aromatic N) is 1. The first kappa shape index (κ1) is 16.0. The van der Waals surface area contributed by atoms with Gasteiger partial charge in [-0.25, -0.2) is 0 Å². The smallest absolute Gasteiger partial charge is 0.224 e. The molecule has 1 aliphatic heterocycles. The van der Waals surface area contributed by atoms with E-state index in [1.807, 2.05) is 6.07 Å². The number of rotatable bonds is 6. The monoisotopic (exact) mass is 288 g/mol. The second-order valence-electron chi connectivity index (χ2n) is 6.26. The highest BCUT2D eigenvalue weighted by Crippen LogP contribution is 2.19. The van der Waals surface area contributed by atoms with Crippen LogP contribution >= 0.6 is 0 Å². The molecule has 1 amide bonds. The van der Waals surface area contributed by atoms with Crippen molar-refractivity contribution in [1.82, 2.24) is 10.2 Å². The van der Waals surface area contributed by atoms with E-state index in [0.29, 0.717) is 6.04 Å². The van der Waals surface area contributed by atoms with E-state index in [9.17, 15) is 4.79 Å². The lowest BCUT2D eigenvalue weighted by Gasteiger charge is -2.32. The number of hydrogen-bond acceptors (Lipinski definition) is 2. The number of carbonyl (C=O) groups is 1. The van der Waals surface area contributed by atoms with Crippen molar-refractivity contribution in [3.63, 3.8) is 0 Å². The highest BCUT2D eigenvalue weighted by atomic mass is 16.2. The van der Waals surface area contributed by atoms with Crippen LogP contribution in [0.25, 0.3) is 0 Å². The number of carbonyl (C=O) groups excluding carboxylic acids is 1. The maximum atomic E-state index is 12.3. The number of amides is 1. The van der Waals surface area contributed by atoms with Crippen LogP contribution in [0.2, 0.25) is 0 Å². The second-order valence-corrected chi connectivity index (χ2v) is 6.26. The molecule has 3 nitrogen and oxygen atoms in total. The lowest BCUT2D eigenvalue weighted by Crippen LogP contribution is -2.45. The maximum absolute atomic E-state index is 12.3. The summed E-state index contributed by atoms with van der Waals surface area (Å²) >= 11 is 0. The van der Waals surface area contributed by atoms with Crippen molar-refractivity contribution < 1.29 is 4.79 Å². The van der Waals surface area contributed by atoms with Crippen molar-refractivity contribution in [2.24, 2.45) is 5.92 Å². The van der Waals surface area contributed by atoms with Crippen molar-refractivity contribution in [3.05, 3.63) is 35.9 Å². The summed E-state index contributed by atoms with van der Waals surface area (Å²) in [5, 5.41) is 3.17. The Hall–Kier alpha value is -1.35. The Morgan fingerprint density at radius 2 is 2.14 bits per heavy atom. The molecule has 0 saturated carbocycles. The van der Waals surface area contributed by atoms with Gasteiger partial charge < -0.3 is 5.32 Å². The Morgan fingerprint density at radius 1 is 1.38 bits per heavy atom. The molecule has 1 saturated heterocycles. The van der Waals surface area contributed by atoms with E-state index >= 15 is 0 Å². The van der Waals surface area contributed by atoms with E-state index in [1.54, 1.807) is 0 Å². The van der Waals surface area contributed by atoms with Gasteiger partial charge in [0.1, 0.15) is 0 Å². The highest BCUT2D eigenvalue weighted by Gasteiger charge is 2.26. The summed E-state index contributed by atoms with van der Waals surface area (Å²) in [4.78, 5) is 14.8. The van der Waals surface area contributed by atoms with E-state index in [1.165, 1.54) is 5.56 Å². The fraction of sp³-hybridized carbons (Fsp3) is 0.611. The molecule has 0 aliphatic carbocycles. The fourth-order valence-electron chi connectivity index (χ4n) is 3.12. The number of likely N-dealkylation sites (tertiary alicyclic amines) is 1. The summed E-state index contributed by atoms with van der Waals surface area (Å²) in [6.45, 7) is 7.20. The quantitative estimate of drug-likeness (QED) is 0.872. The molecule has 0 spiro atoms. The predicted molar refractivity (Wildman–Crippen MR) is 87.0 cm³/mol. The van der Waals surface area contributed by atoms with Gasteiger partial charge in [0, 0.05) is 19.1 Å². The van der Waals surface area contributed by atoms with Crippen molar-refractivity contribution in [1.29, 1.82) is 0 Å². The Morgan fingerprint density at radius 3 is 2.86 bits per heavy atom. The minimum atomic E-state index is 0.154. The van der Waals surface area contributed by atoms with Crippen LogP contribution < -0.4 is 5.32 Å². The average molecular weight is 288 g/mol. The number of benzene rings is 1. The second kappa shape index (κ2) is 8.18. The molecule has 2 atom stereocenters. The Labute approximate surface area is 128 Å². The van der Waals surface area contributed by atoms with Gasteiger partial charge in [-0.05, 0) is 38.3 Å². The van der Waals surface area contributed by atoms with E-state index in [-0.39, 0.29) is 11.8 Å². The molecule has 1 N–H and O–H groups in total. The zero-order chi connectivity index (χ0) is 15.1. The van der Waals surface area contributed by atoms with Gasteiger partial charge in [-0.15, -0.1) is 0 Å². The topological polar surface area (TPSA) is 32.3 Å². The number of nitrogens with one attached hydrogen (secondary N) is 1. The molecular formula is C18H28N2O. The van der Waals surface area contributed by atoms with Gasteiger partial charge in [0.15, 0.2) is 0 Å². The molecule has 1 aromatic carbocycles. The van der Waals surface area contributed by atoms with Gasteiger partial charge in [-0.3, -0.25) is 9.69 Å². The van der Waals surface area contributed by atoms with Crippen LogP contribution in [-0.4, -0.2) is 29.9 Å². The fourth-order valence-corrected chi connectivity index (χ4v) is 3.12. The van der Waals surface area contributed by atoms with Gasteiger partial charge in [0.25, 0.3) is 0 Å². The third-order valence-electron chi connectivity index (χ3n) is 4.24. The van der Waals surface area contributed by atoms with Crippen molar-refractivity contribution in [2.45, 2.75) is 52.1 Å². The highest BCUT2D eigenvalue weighted by molar-refractivity contribution is 5.79. The maximum Gasteiger partial charge on any atom is 0.224 e. The van der Waals surface area contributed by atoms with Crippen LogP contribution in [0.4, 0.5) is 0 Å². The molecular weight excluding hydrogens is 260 g/mol. The minimum Gasteiger partial charge on any atom is -0.353 e. The predicted octanol–water partition coefficient (Wildman–Crippen LogP) is 3.20. The van der Waals surface area contributed by atoms with Crippen molar-refractivity contribution in [2.75, 3.05) is 13.1 Å². The van der Waals surface area contributed by atoms with Gasteiger partial charge in [0.05, 0.1) is 5.92 Å². The molecule has 0 aromatic heterocycles. The van der Waals surface area contributed by atoms with E-state index in [0.717, 1.165) is 45.3 Å². The van der Waals surface area contributed by atoms with Crippen LogP contribution in [0.15, 0.2) is 30.3 Å². The molecule has 1 heterocycles. The zero-order valence-corrected chi connectivity index (χ0v) is 13.3. The Balaban J connectivity index is 1.84. The SMILES string of the molecule is CCC[C@H](C)NC(=O)[C@H]1CCCN(Cc2ccccc2)C1. The number of piperidine rings is 1. The normalized spacial score (nSPS) is 21.0. The van der Waals surface area contributed by atoms with E-state index in [4.69, 9.17) is 0 Å². The lowest BCUT2D eigenvalue weighted by atomic mass is 9.96. The summed E-state index contributed by atoms with van der Waals surface area (Å²) in [6.07, 6.45) is 4.32. The zero-order valence-electron chi connectivity index (χ0n) is 13.3. The van der Waals surface area contributed by atoms with Crippen LogP contribution in [0, 0.1) is 5.92 Å². The molecule has 2 rings (SSSR count). The van der Waals surface area contributed by atoms with Gasteiger partial charge in [0.2, 0.25) is 5.91 Å². The molecule has 1 fully saturated rings. The van der Waals surface area contributed by atoms with Crippen molar-refractivity contribution >= 4 is 5.91 Å². The molecule has 116 valence electrons. The summed E-state index contributed by atoms with van der Waals surface area (Å²) < 4.78 is 0. The van der Waals surface area contributed by atoms with Crippen LogP contribution in [0.1, 0.15) is 45.1 Å². The molecule has 0 unspecified atom stereocenters. The summed E-state index contributed by atoms with van der Waals surface area (Å²) in [7, 11) is 0. The van der Waals surface area contributed by atoms with Gasteiger partial charge in [-0.1, -0.05) is 43.7 Å². The third-order valence-corrected chi connectivity index (χ3v) is 4.24. The largest absolute Gasteiger partial charge is 0.353 e. The summed E-state index contributed by atoms with van der Waals surface area (Å²) in [5.74, 6) is 0.399. The minimum absolute atomic E-state index is 0.154. The van der Waals surface area contributed by atoms with E-state index in [2.05, 4.69) is 48.3 Å². The lowest BCUT2D eigenvalue weighted by molar-refractivity contribution is -0.127. The molecule has 0 radical (unpaired) electrons. The molecule has 1 aromatic rings. The Kier molecular flexibility index (Phi) is 6.24. The standard InChI is InChI=1S/C18H28N2O/c1-3-8-15(2)19-18(21)17-11-7-12-20(14-17)13-16-9-5-4-6-10-16/h4-6,9-10,15,17H,3,7-8,11-14H2,1-2H3,(H,19,21)/t15-,17-/m0/s1. The van der Waals surface area contributed by atoms with Gasteiger partial charge >= 0.3 is 0 Å². The Bertz CT molecular complexity index is 432. The molecule has 1 aliphatic rings. The molecule has 3 heteroatoms. The molecule has 0 bridgehead atoms. The van der Waals surface area contributed by atoms with Crippen LogP contribution in [-0.2, 0) is 11.3 Å². The van der Waals surface area contributed by atoms with Crippen LogP contribution in [0.3, 0.4) is 0 Å². The van der Waals surface area contributed by atoms with E-state index < -0.39 is 0 Å². The number of hydrogen-bond donors (Lipinski definition) is 1. The first-order valence-electron chi connectivity index (χ1n) is 8.25. The average Bonchev–Trinajstić information content (AvgIpc) is 2.49. The molecule has 21 heavy (non-hydrogen) atoms. The first-order valence-corrected chi connectivity index (χ1v) is 8.25. The van der Waals surface area contributed by atoms with Crippen molar-refractivity contribution in [3.8, 4) is 0 Å². The third kappa shape index (κ3) is 5.16. The summed E-state index contributed by atoms with van der Waals surface area (Å²) in [5.41, 5.74) is 1.33.